The maximum Gasteiger partial charge on any atom is 0.285 e. The van der Waals surface area contributed by atoms with Gasteiger partial charge in [-0.05, 0) is 30.7 Å². The van der Waals surface area contributed by atoms with Crippen molar-refractivity contribution in [1.29, 1.82) is 0 Å². The van der Waals surface area contributed by atoms with Crippen molar-refractivity contribution in [3.63, 3.8) is 0 Å². The van der Waals surface area contributed by atoms with Crippen LogP contribution in [-0.2, 0) is 19.4 Å². The summed E-state index contributed by atoms with van der Waals surface area (Å²) in [7, 11) is -3.20. The van der Waals surface area contributed by atoms with Crippen LogP contribution in [0.25, 0.3) is 5.69 Å². The number of nitrogens with one attached hydrogen (secondary N) is 2. The van der Waals surface area contributed by atoms with Gasteiger partial charge in [0.25, 0.3) is 11.8 Å². The summed E-state index contributed by atoms with van der Waals surface area (Å²) in [6.45, 7) is 0. The van der Waals surface area contributed by atoms with Crippen LogP contribution >= 0.6 is 0 Å². The molecule has 11 heteroatoms. The molecular formula is C20H21N5O5S. The Bertz CT molecular complexity index is 1160. The van der Waals surface area contributed by atoms with Gasteiger partial charge in [-0.25, -0.2) is 13.4 Å². The normalized spacial score (nSPS) is 20.3. The highest BCUT2D eigenvalue weighted by atomic mass is 32.2. The Hall–Kier alpha value is -3.47. The number of hydrazone groups is 1. The molecule has 0 spiro atoms. The molecule has 162 valence electrons. The van der Waals surface area contributed by atoms with E-state index in [0.717, 1.165) is 5.01 Å². The van der Waals surface area contributed by atoms with Gasteiger partial charge in [0.1, 0.15) is 5.71 Å². The fourth-order valence-electron chi connectivity index (χ4n) is 3.63. The van der Waals surface area contributed by atoms with Crippen LogP contribution in [0.5, 0.6) is 0 Å². The lowest BCUT2D eigenvalue weighted by molar-refractivity contribution is -0.133. The summed E-state index contributed by atoms with van der Waals surface area (Å²) in [6, 6.07) is 10.0. The average molecular weight is 443 g/mol. The average Bonchev–Trinajstić information content (AvgIpc) is 3.41. The summed E-state index contributed by atoms with van der Waals surface area (Å²) in [4.78, 5) is 37.3. The molecule has 0 radical (unpaired) electrons. The van der Waals surface area contributed by atoms with Crippen LogP contribution in [0.15, 0.2) is 53.9 Å². The van der Waals surface area contributed by atoms with Crippen molar-refractivity contribution in [3.8, 4) is 5.69 Å². The SMILES string of the molecule is O=C(NNC(=O)c1ccccc1-n1cccc1)C1=NN([C@@H]2CCS(=O)(=O)C2)C(=O)CC1. The van der Waals surface area contributed by atoms with Crippen LogP contribution in [0.1, 0.15) is 29.6 Å². The van der Waals surface area contributed by atoms with Gasteiger partial charge in [0, 0.05) is 25.2 Å². The highest BCUT2D eigenvalue weighted by Crippen LogP contribution is 2.22. The third kappa shape index (κ3) is 4.50. The molecule has 3 amide bonds. The summed E-state index contributed by atoms with van der Waals surface area (Å²) < 4.78 is 25.2. The highest BCUT2D eigenvalue weighted by molar-refractivity contribution is 7.91. The first-order chi connectivity index (χ1) is 14.8. The van der Waals surface area contributed by atoms with E-state index in [1.54, 1.807) is 41.2 Å². The maximum absolute atomic E-state index is 12.6. The molecule has 10 nitrogen and oxygen atoms in total. The molecule has 0 aliphatic carbocycles. The van der Waals surface area contributed by atoms with E-state index >= 15 is 0 Å². The number of carbonyl (C=O) groups excluding carboxylic acids is 3. The number of nitrogens with zero attached hydrogens (tertiary/aromatic N) is 3. The van der Waals surface area contributed by atoms with Gasteiger partial charge in [0.2, 0.25) is 5.91 Å². The molecule has 2 N–H and O–H groups in total. The number of hydrogen-bond donors (Lipinski definition) is 2. The van der Waals surface area contributed by atoms with Crippen molar-refractivity contribution in [3.05, 3.63) is 54.4 Å². The minimum atomic E-state index is -3.20. The van der Waals surface area contributed by atoms with Gasteiger partial charge in [0.15, 0.2) is 9.84 Å². The van der Waals surface area contributed by atoms with Gasteiger partial charge < -0.3 is 4.57 Å². The van der Waals surface area contributed by atoms with E-state index in [-0.39, 0.29) is 36.0 Å². The van der Waals surface area contributed by atoms with Crippen molar-refractivity contribution < 1.29 is 22.8 Å². The third-order valence-corrected chi connectivity index (χ3v) is 6.95. The Morgan fingerprint density at radius 1 is 1.00 bits per heavy atom. The second-order valence-electron chi connectivity index (χ2n) is 7.36. The van der Waals surface area contributed by atoms with Crippen LogP contribution in [-0.4, -0.2) is 59.0 Å². The fourth-order valence-corrected chi connectivity index (χ4v) is 5.32. The molecule has 1 saturated heterocycles. The van der Waals surface area contributed by atoms with E-state index in [9.17, 15) is 22.8 Å². The molecular weight excluding hydrogens is 422 g/mol. The standard InChI is InChI=1S/C20H21N5O5S/c26-18-8-7-16(23-25(18)14-9-12-31(29,30)13-14)20(28)22-21-19(27)15-5-1-2-6-17(15)24-10-3-4-11-24/h1-6,10-11,14H,7-9,12-13H2,(H,21,27)(H,22,28)/t14-/m1/s1. The lowest BCUT2D eigenvalue weighted by atomic mass is 10.1. The topological polar surface area (TPSA) is 130 Å². The molecule has 0 saturated carbocycles. The van der Waals surface area contributed by atoms with Gasteiger partial charge in [-0.15, -0.1) is 0 Å². The van der Waals surface area contributed by atoms with Crippen molar-refractivity contribution in [2.45, 2.75) is 25.3 Å². The van der Waals surface area contributed by atoms with E-state index in [1.165, 1.54) is 0 Å². The molecule has 3 heterocycles. The molecule has 1 aromatic heterocycles. The summed E-state index contributed by atoms with van der Waals surface area (Å²) >= 11 is 0. The van der Waals surface area contributed by atoms with E-state index in [2.05, 4.69) is 16.0 Å². The van der Waals surface area contributed by atoms with Crippen molar-refractivity contribution >= 4 is 33.3 Å². The minimum Gasteiger partial charge on any atom is -0.323 e. The van der Waals surface area contributed by atoms with Gasteiger partial charge >= 0.3 is 0 Å². The van der Waals surface area contributed by atoms with Gasteiger partial charge in [-0.2, -0.15) is 5.10 Å². The van der Waals surface area contributed by atoms with Gasteiger partial charge in [0.05, 0.1) is 28.8 Å². The summed E-state index contributed by atoms with van der Waals surface area (Å²) in [5.41, 5.74) is 5.77. The molecule has 1 atom stereocenters. The second-order valence-corrected chi connectivity index (χ2v) is 9.59. The number of amides is 3. The number of hydrazine groups is 1. The number of sulfone groups is 1. The first-order valence-corrected chi connectivity index (χ1v) is 11.6. The first kappa shape index (κ1) is 20.8. The molecule has 4 rings (SSSR count). The molecule has 31 heavy (non-hydrogen) atoms. The molecule has 0 bridgehead atoms. The fraction of sp³-hybridized carbons (Fsp3) is 0.300. The zero-order valence-corrected chi connectivity index (χ0v) is 17.3. The number of rotatable bonds is 4. The van der Waals surface area contributed by atoms with Gasteiger partial charge in [-0.3, -0.25) is 25.2 Å². The monoisotopic (exact) mass is 443 g/mol. The largest absolute Gasteiger partial charge is 0.323 e. The molecule has 1 fully saturated rings. The number of hydrogen-bond acceptors (Lipinski definition) is 6. The Morgan fingerprint density at radius 3 is 2.42 bits per heavy atom. The predicted octanol–water partition coefficient (Wildman–Crippen LogP) is 0.404. The van der Waals surface area contributed by atoms with Crippen molar-refractivity contribution in [2.75, 3.05) is 11.5 Å². The predicted molar refractivity (Wildman–Crippen MR) is 112 cm³/mol. The Morgan fingerprint density at radius 2 is 1.71 bits per heavy atom. The van der Waals surface area contributed by atoms with Crippen molar-refractivity contribution in [1.82, 2.24) is 20.4 Å². The lowest BCUT2D eigenvalue weighted by Crippen LogP contribution is -2.48. The van der Waals surface area contributed by atoms with E-state index in [4.69, 9.17) is 0 Å². The number of aromatic nitrogens is 1. The number of carbonyl (C=O) groups is 3. The zero-order chi connectivity index (χ0) is 22.0. The molecule has 0 unspecified atom stereocenters. The van der Waals surface area contributed by atoms with Crippen molar-refractivity contribution in [2.24, 2.45) is 5.10 Å². The summed E-state index contributed by atoms with van der Waals surface area (Å²) in [5, 5.41) is 5.19. The first-order valence-electron chi connectivity index (χ1n) is 9.77. The lowest BCUT2D eigenvalue weighted by Gasteiger charge is -2.27. The molecule has 2 aliphatic heterocycles. The van der Waals surface area contributed by atoms with E-state index in [1.807, 2.05) is 12.1 Å². The summed E-state index contributed by atoms with van der Waals surface area (Å²) in [6.07, 6.45) is 4.05. The van der Waals surface area contributed by atoms with Crippen LogP contribution in [0, 0.1) is 0 Å². The maximum atomic E-state index is 12.6. The Labute approximate surface area is 178 Å². The molecule has 2 aromatic rings. The second kappa shape index (κ2) is 8.34. The highest BCUT2D eigenvalue weighted by Gasteiger charge is 2.37. The van der Waals surface area contributed by atoms with Crippen LogP contribution in [0.3, 0.4) is 0 Å². The van der Waals surface area contributed by atoms with Crippen LogP contribution < -0.4 is 10.9 Å². The zero-order valence-electron chi connectivity index (χ0n) is 16.5. The smallest absolute Gasteiger partial charge is 0.285 e. The Kier molecular flexibility index (Phi) is 5.59. The van der Waals surface area contributed by atoms with Crippen LogP contribution in [0.4, 0.5) is 0 Å². The van der Waals surface area contributed by atoms with Crippen LogP contribution in [0.2, 0.25) is 0 Å². The molecule has 2 aliphatic rings. The van der Waals surface area contributed by atoms with E-state index < -0.39 is 27.7 Å². The number of para-hydroxylation sites is 1. The third-order valence-electron chi connectivity index (χ3n) is 5.20. The number of benzene rings is 1. The Balaban J connectivity index is 1.44. The minimum absolute atomic E-state index is 0.00461. The molecule has 1 aromatic carbocycles. The van der Waals surface area contributed by atoms with E-state index in [0.29, 0.717) is 17.7 Å². The van der Waals surface area contributed by atoms with Gasteiger partial charge in [-0.1, -0.05) is 12.1 Å². The summed E-state index contributed by atoms with van der Waals surface area (Å²) in [5.74, 6) is -1.64. The quantitative estimate of drug-likeness (QED) is 0.661.